The number of carboxylic acids is 2. The number of aromatic amines is 1. The van der Waals surface area contributed by atoms with Crippen LogP contribution in [0, 0.1) is 11.3 Å². The Morgan fingerprint density at radius 1 is 1.32 bits per heavy atom. The molecule has 0 spiro atoms. The van der Waals surface area contributed by atoms with Crippen molar-refractivity contribution in [2.45, 2.75) is 13.3 Å². The molecular formula is C18H19N3O4. The summed E-state index contributed by atoms with van der Waals surface area (Å²) in [5.74, 6) is -3.65. The molecule has 7 heteroatoms. The van der Waals surface area contributed by atoms with E-state index < -0.39 is 11.9 Å². The molecule has 3 rings (SSSR count). The number of benzene rings is 1. The Balaban J connectivity index is 0.000000326. The molecular weight excluding hydrogens is 322 g/mol. The number of para-hydroxylation sites is 1. The lowest BCUT2D eigenvalue weighted by molar-refractivity contribution is -0.159. The Labute approximate surface area is 144 Å². The van der Waals surface area contributed by atoms with Gasteiger partial charge in [0.05, 0.1) is 11.1 Å². The van der Waals surface area contributed by atoms with Gasteiger partial charge in [-0.1, -0.05) is 25.1 Å². The molecule has 0 saturated carbocycles. The third-order valence-corrected chi connectivity index (χ3v) is 4.05. The fourth-order valence-electron chi connectivity index (χ4n) is 2.67. The van der Waals surface area contributed by atoms with Gasteiger partial charge in [-0.2, -0.15) is 5.26 Å². The molecule has 3 N–H and O–H groups in total. The summed E-state index contributed by atoms with van der Waals surface area (Å²) in [4.78, 5) is 24.0. The van der Waals surface area contributed by atoms with Crippen molar-refractivity contribution in [3.63, 3.8) is 0 Å². The van der Waals surface area contributed by atoms with Crippen LogP contribution in [0.2, 0.25) is 0 Å². The van der Waals surface area contributed by atoms with E-state index in [4.69, 9.17) is 25.1 Å². The summed E-state index contributed by atoms with van der Waals surface area (Å²) >= 11 is 0. The number of nitriles is 1. The van der Waals surface area contributed by atoms with Gasteiger partial charge in [0, 0.05) is 24.2 Å². The third kappa shape index (κ3) is 4.46. The highest BCUT2D eigenvalue weighted by Crippen LogP contribution is 2.26. The van der Waals surface area contributed by atoms with Crippen LogP contribution >= 0.6 is 0 Å². The fourth-order valence-corrected chi connectivity index (χ4v) is 2.67. The summed E-state index contributed by atoms with van der Waals surface area (Å²) < 4.78 is 0. The summed E-state index contributed by atoms with van der Waals surface area (Å²) in [5, 5.41) is 25.0. The lowest BCUT2D eigenvalue weighted by Crippen LogP contribution is -2.28. The van der Waals surface area contributed by atoms with Crippen LogP contribution in [0.15, 0.2) is 30.3 Å². The van der Waals surface area contributed by atoms with Crippen LogP contribution in [0.3, 0.4) is 0 Å². The van der Waals surface area contributed by atoms with Crippen LogP contribution in [-0.2, 0) is 9.59 Å². The number of H-pyrrole nitrogens is 1. The second-order valence-electron chi connectivity index (χ2n) is 5.55. The monoisotopic (exact) mass is 341 g/mol. The van der Waals surface area contributed by atoms with E-state index in [0.717, 1.165) is 48.2 Å². The SMILES string of the molecule is CCN1CC=C(c2cc3cccc(C#N)c3[nH]2)CC1.O=C(O)C(=O)O. The van der Waals surface area contributed by atoms with E-state index in [9.17, 15) is 0 Å². The molecule has 25 heavy (non-hydrogen) atoms. The maximum atomic E-state index is 9.13. The van der Waals surface area contributed by atoms with Crippen molar-refractivity contribution in [2.75, 3.05) is 19.6 Å². The molecule has 1 aromatic heterocycles. The number of likely N-dealkylation sites (N-methyl/N-ethyl adjacent to an activating group) is 1. The van der Waals surface area contributed by atoms with Crippen molar-refractivity contribution in [2.24, 2.45) is 0 Å². The molecule has 0 fully saturated rings. The van der Waals surface area contributed by atoms with E-state index in [2.05, 4.69) is 41.1 Å². The van der Waals surface area contributed by atoms with Crippen molar-refractivity contribution >= 4 is 28.4 Å². The first kappa shape index (κ1) is 18.2. The molecule has 2 aromatic rings. The Kier molecular flexibility index (Phi) is 5.93. The quantitative estimate of drug-likeness (QED) is 0.722. The largest absolute Gasteiger partial charge is 0.473 e. The summed E-state index contributed by atoms with van der Waals surface area (Å²) in [6.45, 7) is 5.44. The van der Waals surface area contributed by atoms with Gasteiger partial charge in [-0.05, 0) is 30.7 Å². The predicted octanol–water partition coefficient (Wildman–Crippen LogP) is 2.30. The van der Waals surface area contributed by atoms with Gasteiger partial charge in [0.15, 0.2) is 0 Å². The van der Waals surface area contributed by atoms with Crippen LogP contribution in [0.1, 0.15) is 24.6 Å². The van der Waals surface area contributed by atoms with E-state index in [-0.39, 0.29) is 0 Å². The number of hydrogen-bond acceptors (Lipinski definition) is 4. The third-order valence-electron chi connectivity index (χ3n) is 4.05. The molecule has 1 aliphatic heterocycles. The van der Waals surface area contributed by atoms with Gasteiger partial charge in [0.1, 0.15) is 6.07 Å². The Morgan fingerprint density at radius 2 is 2.04 bits per heavy atom. The summed E-state index contributed by atoms with van der Waals surface area (Å²) in [6.07, 6.45) is 3.37. The van der Waals surface area contributed by atoms with Crippen molar-refractivity contribution < 1.29 is 19.8 Å². The molecule has 0 unspecified atom stereocenters. The summed E-state index contributed by atoms with van der Waals surface area (Å²) in [7, 11) is 0. The summed E-state index contributed by atoms with van der Waals surface area (Å²) in [6, 6.07) is 10.2. The van der Waals surface area contributed by atoms with Gasteiger partial charge in [-0.3, -0.25) is 4.90 Å². The normalized spacial score (nSPS) is 14.2. The summed E-state index contributed by atoms with van der Waals surface area (Å²) in [5.41, 5.74) is 4.20. The fraction of sp³-hybridized carbons (Fsp3) is 0.278. The van der Waals surface area contributed by atoms with Gasteiger partial charge in [-0.25, -0.2) is 9.59 Å². The van der Waals surface area contributed by atoms with Crippen LogP contribution in [-0.4, -0.2) is 51.7 Å². The minimum Gasteiger partial charge on any atom is -0.473 e. The first-order valence-corrected chi connectivity index (χ1v) is 7.86. The van der Waals surface area contributed by atoms with Gasteiger partial charge >= 0.3 is 11.9 Å². The lowest BCUT2D eigenvalue weighted by atomic mass is 10.0. The highest BCUT2D eigenvalue weighted by molar-refractivity contribution is 6.27. The minimum absolute atomic E-state index is 0.718. The zero-order valence-corrected chi connectivity index (χ0v) is 13.8. The van der Waals surface area contributed by atoms with E-state index in [1.165, 1.54) is 5.57 Å². The minimum atomic E-state index is -1.82. The molecule has 7 nitrogen and oxygen atoms in total. The lowest BCUT2D eigenvalue weighted by Gasteiger charge is -2.24. The van der Waals surface area contributed by atoms with Crippen molar-refractivity contribution in [1.82, 2.24) is 9.88 Å². The number of carbonyl (C=O) groups is 2. The molecule has 0 atom stereocenters. The molecule has 0 amide bonds. The van der Waals surface area contributed by atoms with Crippen LogP contribution in [0.5, 0.6) is 0 Å². The van der Waals surface area contributed by atoms with Gasteiger partial charge in [0.2, 0.25) is 0 Å². The molecule has 0 radical (unpaired) electrons. The number of nitrogens with zero attached hydrogens (tertiary/aromatic N) is 2. The molecule has 2 heterocycles. The van der Waals surface area contributed by atoms with Crippen LogP contribution < -0.4 is 0 Å². The maximum absolute atomic E-state index is 9.13. The number of rotatable bonds is 2. The molecule has 1 aromatic carbocycles. The van der Waals surface area contributed by atoms with Crippen molar-refractivity contribution in [3.05, 3.63) is 41.6 Å². The van der Waals surface area contributed by atoms with E-state index in [1.54, 1.807) is 0 Å². The first-order valence-electron chi connectivity index (χ1n) is 7.86. The van der Waals surface area contributed by atoms with Crippen LogP contribution in [0.4, 0.5) is 0 Å². The molecule has 0 aliphatic carbocycles. The zero-order valence-electron chi connectivity index (χ0n) is 13.8. The van der Waals surface area contributed by atoms with Crippen molar-refractivity contribution in [3.8, 4) is 6.07 Å². The second-order valence-corrected chi connectivity index (χ2v) is 5.55. The molecule has 130 valence electrons. The number of nitrogens with one attached hydrogen (secondary N) is 1. The Hall–Kier alpha value is -3.11. The van der Waals surface area contributed by atoms with Crippen molar-refractivity contribution in [1.29, 1.82) is 5.26 Å². The van der Waals surface area contributed by atoms with Gasteiger partial charge < -0.3 is 15.2 Å². The predicted molar refractivity (Wildman–Crippen MR) is 93.0 cm³/mol. The standard InChI is InChI=1S/C16H17N3.C2H2O4/c1-2-19-8-6-12(7-9-19)15-10-13-4-3-5-14(11-17)16(13)18-15;3-1(4)2(5)6/h3-6,10,18H,2,7-9H2,1H3;(H,3,4)(H,5,6). The molecule has 1 aliphatic rings. The topological polar surface area (TPSA) is 117 Å². The number of aliphatic carboxylic acids is 2. The average Bonchev–Trinajstić information content (AvgIpc) is 3.06. The Morgan fingerprint density at radius 3 is 2.56 bits per heavy atom. The number of carboxylic acid groups (broad SMARTS) is 2. The highest BCUT2D eigenvalue weighted by atomic mass is 16.4. The van der Waals surface area contributed by atoms with Crippen LogP contribution in [0.25, 0.3) is 16.5 Å². The number of aromatic nitrogens is 1. The zero-order chi connectivity index (χ0) is 18.4. The number of fused-ring (bicyclic) bond motifs is 1. The second kappa shape index (κ2) is 8.13. The van der Waals surface area contributed by atoms with E-state index >= 15 is 0 Å². The molecule has 0 saturated heterocycles. The van der Waals surface area contributed by atoms with E-state index in [0.29, 0.717) is 0 Å². The van der Waals surface area contributed by atoms with E-state index in [1.807, 2.05) is 12.1 Å². The first-order chi connectivity index (χ1) is 12.0. The van der Waals surface area contributed by atoms with Gasteiger partial charge in [0.25, 0.3) is 0 Å². The molecule has 0 bridgehead atoms. The number of hydrogen-bond donors (Lipinski definition) is 3. The maximum Gasteiger partial charge on any atom is 0.414 e. The van der Waals surface area contributed by atoms with Gasteiger partial charge in [-0.15, -0.1) is 0 Å². The highest BCUT2D eigenvalue weighted by Gasteiger charge is 2.14. The Bertz CT molecular complexity index is 849. The smallest absolute Gasteiger partial charge is 0.414 e. The average molecular weight is 341 g/mol.